The van der Waals surface area contributed by atoms with Crippen LogP contribution >= 0.6 is 0 Å². The minimum absolute atomic E-state index is 0.134. The van der Waals surface area contributed by atoms with E-state index >= 15 is 0 Å². The Kier molecular flexibility index (Phi) is 4.05. The summed E-state index contributed by atoms with van der Waals surface area (Å²) in [6, 6.07) is 8.64. The molecule has 18 heavy (non-hydrogen) atoms. The van der Waals surface area contributed by atoms with E-state index in [4.69, 9.17) is 0 Å². The average Bonchev–Trinajstić information content (AvgIpc) is 2.38. The van der Waals surface area contributed by atoms with E-state index in [9.17, 15) is 4.79 Å². The standard InChI is InChI=1S/C16H23NO/c1-12-6-4-5-7-16(12)17(3)15-10-8-14(9-11-15)13(2)18/h8-12,16H,4-7H2,1-3H3. The number of carbonyl (C=O) groups is 1. The molecule has 1 saturated carbocycles. The van der Waals surface area contributed by atoms with E-state index in [0.717, 1.165) is 11.5 Å². The maximum Gasteiger partial charge on any atom is 0.159 e. The Balaban J connectivity index is 2.12. The highest BCUT2D eigenvalue weighted by Crippen LogP contribution is 2.30. The molecule has 1 aliphatic carbocycles. The molecule has 2 heteroatoms. The van der Waals surface area contributed by atoms with Crippen molar-refractivity contribution < 1.29 is 4.79 Å². The van der Waals surface area contributed by atoms with Gasteiger partial charge in [0.2, 0.25) is 0 Å². The first-order chi connectivity index (χ1) is 8.59. The predicted octanol–water partition coefficient (Wildman–Crippen LogP) is 3.90. The highest BCUT2D eigenvalue weighted by Gasteiger charge is 2.25. The Labute approximate surface area is 110 Å². The number of hydrogen-bond acceptors (Lipinski definition) is 2. The monoisotopic (exact) mass is 245 g/mol. The van der Waals surface area contributed by atoms with E-state index in [2.05, 4.69) is 31.0 Å². The van der Waals surface area contributed by atoms with Crippen molar-refractivity contribution in [3.63, 3.8) is 0 Å². The quantitative estimate of drug-likeness (QED) is 0.753. The van der Waals surface area contributed by atoms with Gasteiger partial charge in [-0.2, -0.15) is 0 Å². The zero-order chi connectivity index (χ0) is 13.1. The molecular formula is C16H23NO. The fraction of sp³-hybridized carbons (Fsp3) is 0.562. The molecular weight excluding hydrogens is 222 g/mol. The fourth-order valence-electron chi connectivity index (χ4n) is 2.99. The van der Waals surface area contributed by atoms with Crippen LogP contribution in [0.4, 0.5) is 5.69 Å². The van der Waals surface area contributed by atoms with Gasteiger partial charge in [0.1, 0.15) is 0 Å². The molecule has 2 unspecified atom stereocenters. The zero-order valence-electron chi connectivity index (χ0n) is 11.6. The van der Waals surface area contributed by atoms with Crippen LogP contribution in [0.25, 0.3) is 0 Å². The van der Waals surface area contributed by atoms with Crippen LogP contribution < -0.4 is 4.90 Å². The number of rotatable bonds is 3. The maximum absolute atomic E-state index is 11.3. The highest BCUT2D eigenvalue weighted by molar-refractivity contribution is 5.94. The third-order valence-electron chi connectivity index (χ3n) is 4.24. The SMILES string of the molecule is CC(=O)c1ccc(N(C)C2CCCCC2C)cc1. The predicted molar refractivity (Wildman–Crippen MR) is 76.3 cm³/mol. The zero-order valence-corrected chi connectivity index (χ0v) is 11.6. The molecule has 0 bridgehead atoms. The summed E-state index contributed by atoms with van der Waals surface area (Å²) < 4.78 is 0. The molecule has 0 N–H and O–H groups in total. The van der Waals surface area contributed by atoms with Gasteiger partial charge in [0.05, 0.1) is 0 Å². The van der Waals surface area contributed by atoms with Crippen molar-refractivity contribution >= 4 is 11.5 Å². The van der Waals surface area contributed by atoms with Crippen LogP contribution in [0, 0.1) is 5.92 Å². The normalized spacial score (nSPS) is 23.7. The lowest BCUT2D eigenvalue weighted by Crippen LogP contribution is -2.38. The van der Waals surface area contributed by atoms with Crippen molar-refractivity contribution in [1.29, 1.82) is 0 Å². The van der Waals surface area contributed by atoms with Gasteiger partial charge in [-0.1, -0.05) is 19.8 Å². The molecule has 0 aromatic heterocycles. The summed E-state index contributed by atoms with van der Waals surface area (Å²) >= 11 is 0. The first-order valence-electron chi connectivity index (χ1n) is 6.93. The summed E-state index contributed by atoms with van der Waals surface area (Å²) in [6.45, 7) is 3.96. The third-order valence-corrected chi connectivity index (χ3v) is 4.24. The van der Waals surface area contributed by atoms with Gasteiger partial charge in [-0.15, -0.1) is 0 Å². The summed E-state index contributed by atoms with van der Waals surface area (Å²) in [7, 11) is 2.18. The number of nitrogens with zero attached hydrogens (tertiary/aromatic N) is 1. The average molecular weight is 245 g/mol. The fourth-order valence-corrected chi connectivity index (χ4v) is 2.99. The second-order valence-corrected chi connectivity index (χ2v) is 5.54. The lowest BCUT2D eigenvalue weighted by molar-refractivity contribution is 0.101. The van der Waals surface area contributed by atoms with Gasteiger partial charge >= 0.3 is 0 Å². The molecule has 1 aromatic carbocycles. The Morgan fingerprint density at radius 3 is 2.33 bits per heavy atom. The second kappa shape index (κ2) is 5.55. The molecule has 2 nitrogen and oxygen atoms in total. The van der Waals surface area contributed by atoms with E-state index in [1.165, 1.54) is 31.4 Å². The first-order valence-corrected chi connectivity index (χ1v) is 6.93. The van der Waals surface area contributed by atoms with Gasteiger partial charge in [-0.3, -0.25) is 4.79 Å². The van der Waals surface area contributed by atoms with Crippen LogP contribution in [0.1, 0.15) is 49.9 Å². The van der Waals surface area contributed by atoms with Gasteiger partial charge in [0, 0.05) is 24.3 Å². The molecule has 2 atom stereocenters. The molecule has 0 heterocycles. The van der Waals surface area contributed by atoms with Gasteiger partial charge in [-0.05, 0) is 49.9 Å². The Hall–Kier alpha value is -1.31. The summed E-state index contributed by atoms with van der Waals surface area (Å²) in [4.78, 5) is 13.6. The topological polar surface area (TPSA) is 20.3 Å². The lowest BCUT2D eigenvalue weighted by Gasteiger charge is -2.37. The van der Waals surface area contributed by atoms with Gasteiger partial charge in [0.15, 0.2) is 5.78 Å². The van der Waals surface area contributed by atoms with E-state index in [0.29, 0.717) is 6.04 Å². The summed E-state index contributed by atoms with van der Waals surface area (Å²) in [6.07, 6.45) is 5.33. The molecule has 0 radical (unpaired) electrons. The van der Waals surface area contributed by atoms with Gasteiger partial charge in [-0.25, -0.2) is 0 Å². The van der Waals surface area contributed by atoms with Crippen molar-refractivity contribution in [2.24, 2.45) is 5.92 Å². The first kappa shape index (κ1) is 13.1. The van der Waals surface area contributed by atoms with Crippen LogP contribution in [0.5, 0.6) is 0 Å². The van der Waals surface area contributed by atoms with E-state index in [1.54, 1.807) is 6.92 Å². The molecule has 98 valence electrons. The van der Waals surface area contributed by atoms with Crippen LogP contribution in [0.15, 0.2) is 24.3 Å². The molecule has 0 aliphatic heterocycles. The molecule has 1 aromatic rings. The number of anilines is 1. The maximum atomic E-state index is 11.3. The van der Waals surface area contributed by atoms with Crippen LogP contribution in [0.3, 0.4) is 0 Å². The number of hydrogen-bond donors (Lipinski definition) is 0. The van der Waals surface area contributed by atoms with Crippen LogP contribution in [-0.2, 0) is 0 Å². The van der Waals surface area contributed by atoms with Crippen molar-refractivity contribution in [3.8, 4) is 0 Å². The third kappa shape index (κ3) is 2.74. The summed E-state index contributed by atoms with van der Waals surface area (Å²) in [5.74, 6) is 0.895. The van der Waals surface area contributed by atoms with E-state index in [1.807, 2.05) is 12.1 Å². The number of benzene rings is 1. The summed E-state index contributed by atoms with van der Waals surface area (Å²) in [5, 5.41) is 0. The minimum atomic E-state index is 0.134. The molecule has 0 spiro atoms. The Morgan fingerprint density at radius 1 is 1.17 bits per heavy atom. The van der Waals surface area contributed by atoms with Crippen LogP contribution in [-0.4, -0.2) is 18.9 Å². The van der Waals surface area contributed by atoms with E-state index < -0.39 is 0 Å². The molecule has 2 rings (SSSR count). The molecule has 0 saturated heterocycles. The number of ketones is 1. The molecule has 1 aliphatic rings. The second-order valence-electron chi connectivity index (χ2n) is 5.54. The van der Waals surface area contributed by atoms with Gasteiger partial charge in [0.25, 0.3) is 0 Å². The van der Waals surface area contributed by atoms with Crippen molar-refractivity contribution in [2.75, 3.05) is 11.9 Å². The highest BCUT2D eigenvalue weighted by atomic mass is 16.1. The van der Waals surface area contributed by atoms with Crippen molar-refractivity contribution in [3.05, 3.63) is 29.8 Å². The van der Waals surface area contributed by atoms with Crippen LogP contribution in [0.2, 0.25) is 0 Å². The smallest absolute Gasteiger partial charge is 0.159 e. The lowest BCUT2D eigenvalue weighted by atomic mass is 9.85. The molecule has 0 amide bonds. The van der Waals surface area contributed by atoms with Gasteiger partial charge < -0.3 is 4.90 Å². The van der Waals surface area contributed by atoms with E-state index in [-0.39, 0.29) is 5.78 Å². The van der Waals surface area contributed by atoms with Crippen molar-refractivity contribution in [2.45, 2.75) is 45.6 Å². The van der Waals surface area contributed by atoms with Crippen molar-refractivity contribution in [1.82, 2.24) is 0 Å². The Bertz CT molecular complexity index is 410. The number of Topliss-reactive ketones (excluding diaryl/α,β-unsaturated/α-hetero) is 1. The molecule has 1 fully saturated rings. The Morgan fingerprint density at radius 2 is 1.78 bits per heavy atom. The summed E-state index contributed by atoms with van der Waals surface area (Å²) in [5.41, 5.74) is 2.02. The minimum Gasteiger partial charge on any atom is -0.371 e. The largest absolute Gasteiger partial charge is 0.371 e. The number of carbonyl (C=O) groups excluding carboxylic acids is 1.